The van der Waals surface area contributed by atoms with E-state index in [2.05, 4.69) is 20.7 Å². The molecule has 0 fully saturated rings. The Labute approximate surface area is 203 Å². The molecule has 4 aromatic rings. The maximum Gasteiger partial charge on any atom is 0.324 e. The minimum atomic E-state index is -0.456. The molecule has 0 saturated carbocycles. The molecule has 0 atom stereocenters. The first-order valence-corrected chi connectivity index (χ1v) is 11.1. The molecule has 2 N–H and O–H groups in total. The molecule has 2 aromatic heterocycles. The van der Waals surface area contributed by atoms with Crippen LogP contribution in [-0.4, -0.2) is 25.7 Å². The van der Waals surface area contributed by atoms with E-state index in [0.29, 0.717) is 17.2 Å². The van der Waals surface area contributed by atoms with Crippen LogP contribution in [0.15, 0.2) is 79.1 Å². The van der Waals surface area contributed by atoms with Crippen LogP contribution < -0.4 is 10.6 Å². The fourth-order valence-electron chi connectivity index (χ4n) is 3.47. The van der Waals surface area contributed by atoms with Crippen LogP contribution in [0.3, 0.4) is 0 Å². The number of nitro groups is 1. The number of pyridine rings is 1. The largest absolute Gasteiger partial charge is 0.324 e. The number of benzene rings is 2. The molecule has 0 unspecified atom stereocenters. The van der Waals surface area contributed by atoms with Gasteiger partial charge >= 0.3 is 6.03 Å². The second-order valence-electron chi connectivity index (χ2n) is 9.16. The van der Waals surface area contributed by atoms with Crippen LogP contribution in [0, 0.1) is 10.1 Å². The summed E-state index contributed by atoms with van der Waals surface area (Å²) in [6.07, 6.45) is 4.31. The van der Waals surface area contributed by atoms with Gasteiger partial charge in [0.1, 0.15) is 5.82 Å². The molecule has 0 bridgehead atoms. The summed E-state index contributed by atoms with van der Waals surface area (Å²) in [4.78, 5) is 27.4. The highest BCUT2D eigenvalue weighted by atomic mass is 16.6. The van der Waals surface area contributed by atoms with Gasteiger partial charge in [0.25, 0.3) is 5.69 Å². The van der Waals surface area contributed by atoms with Crippen molar-refractivity contribution < 1.29 is 9.72 Å². The van der Waals surface area contributed by atoms with E-state index in [-0.39, 0.29) is 11.1 Å². The topological polar surface area (TPSA) is 115 Å². The number of hydrogen-bond donors (Lipinski definition) is 2. The summed E-state index contributed by atoms with van der Waals surface area (Å²) in [5, 5.41) is 21.3. The SMILES string of the molecule is CC(C)(C)c1cc(NC(=O)Nc2ccc(Cc3ccncc3)cc2)n(-c2ccc([N+](=O)[O-])cc2)n1. The molecule has 0 radical (unpaired) electrons. The van der Waals surface area contributed by atoms with E-state index in [1.54, 1.807) is 35.3 Å². The highest BCUT2D eigenvalue weighted by molar-refractivity contribution is 5.99. The van der Waals surface area contributed by atoms with Crippen LogP contribution in [0.5, 0.6) is 0 Å². The second kappa shape index (κ2) is 9.76. The first-order chi connectivity index (χ1) is 16.7. The normalized spacial score (nSPS) is 11.2. The van der Waals surface area contributed by atoms with Gasteiger partial charge in [-0.3, -0.25) is 20.4 Å². The van der Waals surface area contributed by atoms with Gasteiger partial charge in [0.05, 0.1) is 16.3 Å². The van der Waals surface area contributed by atoms with Crippen LogP contribution in [-0.2, 0) is 11.8 Å². The third-order valence-electron chi connectivity index (χ3n) is 5.39. The van der Waals surface area contributed by atoms with Crippen molar-refractivity contribution >= 4 is 23.2 Å². The monoisotopic (exact) mass is 470 g/mol. The lowest BCUT2D eigenvalue weighted by Gasteiger charge is -2.14. The third-order valence-corrected chi connectivity index (χ3v) is 5.39. The number of rotatable bonds is 6. The van der Waals surface area contributed by atoms with Crippen molar-refractivity contribution in [1.29, 1.82) is 0 Å². The van der Waals surface area contributed by atoms with E-state index in [9.17, 15) is 14.9 Å². The van der Waals surface area contributed by atoms with Gasteiger partial charge in [-0.15, -0.1) is 0 Å². The van der Waals surface area contributed by atoms with Crippen LogP contribution in [0.2, 0.25) is 0 Å². The quantitative estimate of drug-likeness (QED) is 0.277. The molecule has 178 valence electrons. The van der Waals surface area contributed by atoms with E-state index in [0.717, 1.165) is 23.2 Å². The van der Waals surface area contributed by atoms with Gasteiger partial charge in [0.2, 0.25) is 0 Å². The van der Waals surface area contributed by atoms with Crippen molar-refractivity contribution in [2.75, 3.05) is 10.6 Å². The highest BCUT2D eigenvalue weighted by Crippen LogP contribution is 2.27. The number of non-ortho nitro benzene ring substituents is 1. The molecule has 4 rings (SSSR count). The molecular formula is C26H26N6O3. The lowest BCUT2D eigenvalue weighted by Crippen LogP contribution is -2.21. The third kappa shape index (κ3) is 5.89. The summed E-state index contributed by atoms with van der Waals surface area (Å²) in [6, 6.07) is 19.0. The molecule has 0 saturated heterocycles. The van der Waals surface area contributed by atoms with Gasteiger partial charge in [-0.05, 0) is 53.9 Å². The first kappa shape index (κ1) is 23.6. The Hall–Kier alpha value is -4.53. The Morgan fingerprint density at radius 3 is 2.17 bits per heavy atom. The number of carbonyl (C=O) groups is 1. The Balaban J connectivity index is 1.50. The number of nitrogens with one attached hydrogen (secondary N) is 2. The summed E-state index contributed by atoms with van der Waals surface area (Å²) < 4.78 is 1.57. The molecule has 2 heterocycles. The Morgan fingerprint density at radius 1 is 0.943 bits per heavy atom. The average Bonchev–Trinajstić information content (AvgIpc) is 3.25. The number of carbonyl (C=O) groups excluding carboxylic acids is 1. The van der Waals surface area contributed by atoms with Crippen molar-refractivity contribution in [2.24, 2.45) is 0 Å². The van der Waals surface area contributed by atoms with E-state index in [1.807, 2.05) is 57.2 Å². The molecule has 2 aromatic carbocycles. The zero-order valence-electron chi connectivity index (χ0n) is 19.7. The Bertz CT molecular complexity index is 1320. The van der Waals surface area contributed by atoms with Gasteiger partial charge in [-0.1, -0.05) is 32.9 Å². The number of hydrogen-bond acceptors (Lipinski definition) is 5. The van der Waals surface area contributed by atoms with Crippen LogP contribution in [0.4, 0.5) is 22.0 Å². The second-order valence-corrected chi connectivity index (χ2v) is 9.16. The fraction of sp³-hybridized carbons (Fsp3) is 0.192. The lowest BCUT2D eigenvalue weighted by molar-refractivity contribution is -0.384. The van der Waals surface area contributed by atoms with Gasteiger partial charge in [-0.2, -0.15) is 5.10 Å². The van der Waals surface area contributed by atoms with E-state index >= 15 is 0 Å². The highest BCUT2D eigenvalue weighted by Gasteiger charge is 2.22. The van der Waals surface area contributed by atoms with Crippen LogP contribution >= 0.6 is 0 Å². The smallest absolute Gasteiger partial charge is 0.308 e. The fourth-order valence-corrected chi connectivity index (χ4v) is 3.47. The molecule has 2 amide bonds. The van der Waals surface area contributed by atoms with Gasteiger partial charge in [0, 0.05) is 41.7 Å². The predicted octanol–water partition coefficient (Wildman–Crippen LogP) is 5.71. The summed E-state index contributed by atoms with van der Waals surface area (Å²) in [5.41, 5.74) is 4.02. The summed E-state index contributed by atoms with van der Waals surface area (Å²) in [5.74, 6) is 0.454. The molecule has 0 aliphatic carbocycles. The molecular weight excluding hydrogens is 444 g/mol. The van der Waals surface area contributed by atoms with E-state index in [4.69, 9.17) is 0 Å². The molecule has 0 spiro atoms. The van der Waals surface area contributed by atoms with Crippen LogP contribution in [0.25, 0.3) is 5.69 Å². The first-order valence-electron chi connectivity index (χ1n) is 11.1. The minimum absolute atomic E-state index is 0.0171. The standard InChI is InChI=1S/C26H26N6O3/c1-26(2,3)23-17-24(31(30-23)21-8-10-22(11-9-21)32(34)35)29-25(33)28-20-6-4-18(5-7-20)16-19-12-14-27-15-13-19/h4-15,17H,16H2,1-3H3,(H2,28,29,33). The zero-order valence-corrected chi connectivity index (χ0v) is 19.7. The number of amides is 2. The van der Waals surface area contributed by atoms with Crippen LogP contribution in [0.1, 0.15) is 37.6 Å². The van der Waals surface area contributed by atoms with Crippen molar-refractivity contribution in [1.82, 2.24) is 14.8 Å². The molecule has 0 aliphatic rings. The Kier molecular flexibility index (Phi) is 6.59. The maximum absolute atomic E-state index is 12.8. The van der Waals surface area contributed by atoms with Gasteiger partial charge < -0.3 is 5.32 Å². The summed E-state index contributed by atoms with van der Waals surface area (Å²) in [7, 11) is 0. The summed E-state index contributed by atoms with van der Waals surface area (Å²) >= 11 is 0. The Morgan fingerprint density at radius 2 is 1.57 bits per heavy atom. The van der Waals surface area contributed by atoms with Crippen molar-refractivity contribution in [3.8, 4) is 5.69 Å². The molecule has 0 aliphatic heterocycles. The summed E-state index contributed by atoms with van der Waals surface area (Å²) in [6.45, 7) is 6.06. The minimum Gasteiger partial charge on any atom is -0.308 e. The van der Waals surface area contributed by atoms with Crippen molar-refractivity contribution in [3.63, 3.8) is 0 Å². The number of aromatic nitrogens is 3. The average molecular weight is 471 g/mol. The molecule has 9 heteroatoms. The van der Waals surface area contributed by atoms with Crippen molar-refractivity contribution in [2.45, 2.75) is 32.6 Å². The predicted molar refractivity (Wildman–Crippen MR) is 135 cm³/mol. The van der Waals surface area contributed by atoms with E-state index in [1.165, 1.54) is 12.1 Å². The maximum atomic E-state index is 12.8. The van der Waals surface area contributed by atoms with Gasteiger partial charge in [-0.25, -0.2) is 9.48 Å². The molecule has 9 nitrogen and oxygen atoms in total. The zero-order chi connectivity index (χ0) is 25.0. The molecule has 35 heavy (non-hydrogen) atoms. The number of nitrogens with zero attached hydrogens (tertiary/aromatic N) is 4. The number of urea groups is 1. The van der Waals surface area contributed by atoms with E-state index < -0.39 is 11.0 Å². The number of anilines is 2. The number of nitro benzene ring substituents is 1. The van der Waals surface area contributed by atoms with Gasteiger partial charge in [0.15, 0.2) is 0 Å². The lowest BCUT2D eigenvalue weighted by atomic mass is 9.92. The van der Waals surface area contributed by atoms with Crippen molar-refractivity contribution in [3.05, 3.63) is 106 Å².